The molecule has 4 heteroatoms. The second-order valence-corrected chi connectivity index (χ2v) is 6.21. The maximum atomic E-state index is 9.14. The lowest BCUT2D eigenvalue weighted by Gasteiger charge is -2.11. The van der Waals surface area contributed by atoms with Crippen LogP contribution in [0.4, 0.5) is 0 Å². The molecule has 0 N–H and O–H groups in total. The van der Waals surface area contributed by atoms with Gasteiger partial charge < -0.3 is 4.57 Å². The molecule has 4 aromatic rings. The van der Waals surface area contributed by atoms with Crippen LogP contribution in [0.3, 0.4) is 0 Å². The summed E-state index contributed by atoms with van der Waals surface area (Å²) in [6.45, 7) is 0.622. The van der Waals surface area contributed by atoms with Gasteiger partial charge in [0.1, 0.15) is 5.82 Å². The van der Waals surface area contributed by atoms with Gasteiger partial charge in [-0.1, -0.05) is 48.0 Å². The van der Waals surface area contributed by atoms with Crippen molar-refractivity contribution < 1.29 is 0 Å². The van der Waals surface area contributed by atoms with Crippen LogP contribution in [-0.4, -0.2) is 9.55 Å². The maximum absolute atomic E-state index is 9.14. The third-order valence-electron chi connectivity index (χ3n) is 4.17. The van der Waals surface area contributed by atoms with Gasteiger partial charge in [-0.25, -0.2) is 4.98 Å². The van der Waals surface area contributed by atoms with Crippen LogP contribution in [0.2, 0.25) is 5.02 Å². The lowest BCUT2D eigenvalue weighted by Crippen LogP contribution is -2.02. The third-order valence-corrected chi connectivity index (χ3v) is 4.50. The molecule has 1 heterocycles. The summed E-state index contributed by atoms with van der Waals surface area (Å²) in [5, 5.41) is 9.81. The summed E-state index contributed by atoms with van der Waals surface area (Å²) in [5.74, 6) is 0.828. The highest BCUT2D eigenvalue weighted by atomic mass is 35.5. The Morgan fingerprint density at radius 1 is 0.960 bits per heavy atom. The maximum Gasteiger partial charge on any atom is 0.142 e. The number of hydrogen-bond acceptors (Lipinski definition) is 2. The summed E-state index contributed by atoms with van der Waals surface area (Å²) in [6.07, 6.45) is 0. The minimum absolute atomic E-state index is 0.622. The Bertz CT molecular complexity index is 1110. The van der Waals surface area contributed by atoms with Gasteiger partial charge in [0.2, 0.25) is 0 Å². The molecule has 0 atom stereocenters. The lowest BCUT2D eigenvalue weighted by atomic mass is 10.1. The van der Waals surface area contributed by atoms with Gasteiger partial charge in [0.15, 0.2) is 0 Å². The highest BCUT2D eigenvalue weighted by Gasteiger charge is 2.15. The molecule has 0 unspecified atom stereocenters. The first-order valence-corrected chi connectivity index (χ1v) is 8.33. The molecule has 0 radical (unpaired) electrons. The van der Waals surface area contributed by atoms with Gasteiger partial charge in [-0.2, -0.15) is 5.26 Å². The second-order valence-electron chi connectivity index (χ2n) is 5.80. The SMILES string of the molecule is N#Cc1cccc(Cn2c(-c3ccccc3Cl)nc3ccccc32)c1. The van der Waals surface area contributed by atoms with Gasteiger partial charge >= 0.3 is 0 Å². The van der Waals surface area contributed by atoms with Crippen molar-refractivity contribution in [3.63, 3.8) is 0 Å². The number of nitriles is 1. The van der Waals surface area contributed by atoms with Gasteiger partial charge in [0, 0.05) is 12.1 Å². The van der Waals surface area contributed by atoms with Crippen LogP contribution >= 0.6 is 11.6 Å². The van der Waals surface area contributed by atoms with Crippen molar-refractivity contribution in [1.29, 1.82) is 5.26 Å². The molecule has 0 saturated carbocycles. The molecular formula is C21H14ClN3. The van der Waals surface area contributed by atoms with Crippen molar-refractivity contribution in [1.82, 2.24) is 9.55 Å². The number of rotatable bonds is 3. The van der Waals surface area contributed by atoms with Gasteiger partial charge in [-0.3, -0.25) is 0 Å². The van der Waals surface area contributed by atoms with Crippen LogP contribution in [0.1, 0.15) is 11.1 Å². The molecular weight excluding hydrogens is 330 g/mol. The number of para-hydroxylation sites is 2. The minimum Gasteiger partial charge on any atom is -0.319 e. The topological polar surface area (TPSA) is 41.6 Å². The van der Waals surface area contributed by atoms with Crippen molar-refractivity contribution in [2.75, 3.05) is 0 Å². The molecule has 3 aromatic carbocycles. The number of fused-ring (bicyclic) bond motifs is 1. The van der Waals surface area contributed by atoms with E-state index in [-0.39, 0.29) is 0 Å². The van der Waals surface area contributed by atoms with E-state index in [2.05, 4.69) is 16.7 Å². The van der Waals surface area contributed by atoms with Gasteiger partial charge in [-0.05, 0) is 42.0 Å². The Hall–Kier alpha value is -3.09. The van der Waals surface area contributed by atoms with E-state index in [9.17, 15) is 0 Å². The molecule has 1 aromatic heterocycles. The van der Waals surface area contributed by atoms with E-state index in [0.717, 1.165) is 28.0 Å². The third kappa shape index (κ3) is 2.88. The van der Waals surface area contributed by atoms with Crippen molar-refractivity contribution in [3.8, 4) is 17.5 Å². The summed E-state index contributed by atoms with van der Waals surface area (Å²) in [7, 11) is 0. The van der Waals surface area contributed by atoms with Crippen molar-refractivity contribution in [2.45, 2.75) is 6.54 Å². The largest absolute Gasteiger partial charge is 0.319 e. The first-order chi connectivity index (χ1) is 12.3. The van der Waals surface area contributed by atoms with Gasteiger partial charge in [-0.15, -0.1) is 0 Å². The van der Waals surface area contributed by atoms with Gasteiger partial charge in [0.25, 0.3) is 0 Å². The fourth-order valence-corrected chi connectivity index (χ4v) is 3.23. The van der Waals surface area contributed by atoms with E-state index in [1.54, 1.807) is 0 Å². The van der Waals surface area contributed by atoms with Gasteiger partial charge in [0.05, 0.1) is 27.7 Å². The molecule has 0 fully saturated rings. The molecule has 0 aliphatic carbocycles. The number of imidazole rings is 1. The minimum atomic E-state index is 0.622. The lowest BCUT2D eigenvalue weighted by molar-refractivity contribution is 0.834. The van der Waals surface area contributed by atoms with E-state index < -0.39 is 0 Å². The summed E-state index contributed by atoms with van der Waals surface area (Å²) in [4.78, 5) is 4.80. The molecule has 0 aliphatic heterocycles. The summed E-state index contributed by atoms with van der Waals surface area (Å²) >= 11 is 6.41. The Balaban J connectivity index is 1.91. The predicted molar refractivity (Wildman–Crippen MR) is 100 cm³/mol. The molecule has 120 valence electrons. The van der Waals surface area contributed by atoms with Crippen LogP contribution in [-0.2, 0) is 6.54 Å². The van der Waals surface area contributed by atoms with Crippen LogP contribution < -0.4 is 0 Å². The zero-order chi connectivity index (χ0) is 17.2. The molecule has 0 spiro atoms. The summed E-state index contributed by atoms with van der Waals surface area (Å²) in [6, 6.07) is 25.6. The first kappa shape index (κ1) is 15.4. The number of halogens is 1. The van der Waals surface area contributed by atoms with E-state index in [1.807, 2.05) is 66.7 Å². The first-order valence-electron chi connectivity index (χ1n) is 7.95. The van der Waals surface area contributed by atoms with Crippen LogP contribution in [0.5, 0.6) is 0 Å². The van der Waals surface area contributed by atoms with Crippen LogP contribution in [0.15, 0.2) is 72.8 Å². The van der Waals surface area contributed by atoms with Crippen molar-refractivity contribution >= 4 is 22.6 Å². The highest BCUT2D eigenvalue weighted by Crippen LogP contribution is 2.30. The fourth-order valence-electron chi connectivity index (χ4n) is 3.01. The molecule has 0 aliphatic rings. The molecule has 4 rings (SSSR count). The fraction of sp³-hybridized carbons (Fsp3) is 0.0476. The molecule has 0 saturated heterocycles. The normalized spacial score (nSPS) is 10.7. The standard InChI is InChI=1S/C21H14ClN3/c22-18-9-2-1-8-17(18)21-24-19-10-3-4-11-20(19)25(21)14-16-7-5-6-15(12-16)13-23/h1-12H,14H2. The highest BCUT2D eigenvalue weighted by molar-refractivity contribution is 6.33. The van der Waals surface area contributed by atoms with Crippen molar-refractivity contribution in [3.05, 3.63) is 88.9 Å². The predicted octanol–water partition coefficient (Wildman–Crippen LogP) is 5.28. The molecule has 0 amide bonds. The average Bonchev–Trinajstić information content (AvgIpc) is 3.01. The number of benzene rings is 3. The number of aromatic nitrogens is 2. The zero-order valence-electron chi connectivity index (χ0n) is 13.4. The number of hydrogen-bond donors (Lipinski definition) is 0. The average molecular weight is 344 g/mol. The van der Waals surface area contributed by atoms with Crippen LogP contribution in [0.25, 0.3) is 22.4 Å². The monoisotopic (exact) mass is 343 g/mol. The smallest absolute Gasteiger partial charge is 0.142 e. The Labute approximate surface area is 150 Å². The van der Waals surface area contributed by atoms with E-state index in [4.69, 9.17) is 21.8 Å². The molecule has 25 heavy (non-hydrogen) atoms. The van der Waals surface area contributed by atoms with E-state index >= 15 is 0 Å². The molecule has 0 bridgehead atoms. The van der Waals surface area contributed by atoms with Crippen molar-refractivity contribution in [2.24, 2.45) is 0 Å². The number of nitrogens with zero attached hydrogens (tertiary/aromatic N) is 3. The quantitative estimate of drug-likeness (QED) is 0.508. The van der Waals surface area contributed by atoms with E-state index in [1.165, 1.54) is 0 Å². The van der Waals surface area contributed by atoms with Crippen LogP contribution in [0, 0.1) is 11.3 Å². The molecule has 3 nitrogen and oxygen atoms in total. The second kappa shape index (κ2) is 6.43. The Kier molecular flexibility index (Phi) is 3.97. The summed E-state index contributed by atoms with van der Waals surface area (Å²) in [5.41, 5.74) is 4.57. The summed E-state index contributed by atoms with van der Waals surface area (Å²) < 4.78 is 2.15. The van der Waals surface area contributed by atoms with E-state index in [0.29, 0.717) is 17.1 Å². The Morgan fingerprint density at radius 2 is 1.76 bits per heavy atom. The Morgan fingerprint density at radius 3 is 2.60 bits per heavy atom. The zero-order valence-corrected chi connectivity index (χ0v) is 14.1.